The minimum atomic E-state index is -3.06. The highest BCUT2D eigenvalue weighted by atomic mass is 32.2. The molecule has 0 spiro atoms. The average Bonchev–Trinajstić information content (AvgIpc) is 2.58. The molecule has 2 aromatic carbocycles. The fraction of sp³-hybridized carbons (Fsp3) is 0.500. The largest absolute Gasteiger partial charge is 0.229 e. The molecule has 2 nitrogen and oxygen atoms in total. The zero-order valence-corrected chi connectivity index (χ0v) is 18.5. The molecule has 0 N–H and O–H groups in total. The van der Waals surface area contributed by atoms with Crippen molar-refractivity contribution in [1.29, 1.82) is 0 Å². The van der Waals surface area contributed by atoms with Gasteiger partial charge < -0.3 is 0 Å². The van der Waals surface area contributed by atoms with Gasteiger partial charge in [0.15, 0.2) is 9.84 Å². The van der Waals surface area contributed by atoms with E-state index in [0.717, 1.165) is 11.1 Å². The second-order valence-corrected chi connectivity index (χ2v) is 11.8. The van der Waals surface area contributed by atoms with Crippen molar-refractivity contribution in [3.05, 3.63) is 70.8 Å². The summed E-state index contributed by atoms with van der Waals surface area (Å²) in [5.74, 6) is 0.421. The summed E-state index contributed by atoms with van der Waals surface area (Å²) in [5, 5.41) is 0. The van der Waals surface area contributed by atoms with Crippen LogP contribution in [-0.2, 0) is 33.5 Å². The summed E-state index contributed by atoms with van der Waals surface area (Å²) in [6.07, 6.45) is 1.16. The molecule has 0 saturated carbocycles. The van der Waals surface area contributed by atoms with Crippen LogP contribution in [0.3, 0.4) is 0 Å². The van der Waals surface area contributed by atoms with Crippen LogP contribution < -0.4 is 0 Å². The Morgan fingerprint density at radius 1 is 0.593 bits per heavy atom. The van der Waals surface area contributed by atoms with Crippen molar-refractivity contribution in [3.63, 3.8) is 0 Å². The average molecular weight is 387 g/mol. The minimum absolute atomic E-state index is 0.118. The van der Waals surface area contributed by atoms with E-state index in [4.69, 9.17) is 0 Å². The standard InChI is InChI=1S/C24H34O2S/c1-23(2,3)21-11-7-19(8-12-21)15-17-27(25,26)18-16-20-9-13-22(14-10-20)24(4,5)6/h7-14H,15-18H2,1-6H3. The quantitative estimate of drug-likeness (QED) is 0.658. The fourth-order valence-corrected chi connectivity index (χ4v) is 4.29. The molecule has 2 rings (SSSR count). The first kappa shape index (κ1) is 21.7. The molecule has 0 amide bonds. The molecule has 27 heavy (non-hydrogen) atoms. The maximum atomic E-state index is 12.4. The van der Waals surface area contributed by atoms with Crippen LogP contribution in [0, 0.1) is 0 Å². The van der Waals surface area contributed by atoms with E-state index < -0.39 is 9.84 Å². The molecule has 0 radical (unpaired) electrons. The highest BCUT2D eigenvalue weighted by molar-refractivity contribution is 7.91. The number of hydrogen-bond donors (Lipinski definition) is 0. The van der Waals surface area contributed by atoms with E-state index in [1.165, 1.54) is 11.1 Å². The summed E-state index contributed by atoms with van der Waals surface area (Å²) in [6.45, 7) is 13.1. The number of sulfone groups is 1. The van der Waals surface area contributed by atoms with Crippen molar-refractivity contribution in [2.75, 3.05) is 11.5 Å². The molecular weight excluding hydrogens is 352 g/mol. The molecular formula is C24H34O2S. The Morgan fingerprint density at radius 3 is 1.15 bits per heavy atom. The third-order valence-corrected chi connectivity index (χ3v) is 6.70. The third-order valence-electron chi connectivity index (χ3n) is 5.04. The molecule has 2 aromatic rings. The number of aryl methyl sites for hydroxylation is 2. The van der Waals surface area contributed by atoms with Crippen LogP contribution in [0.1, 0.15) is 63.8 Å². The molecule has 148 valence electrons. The van der Waals surface area contributed by atoms with E-state index >= 15 is 0 Å². The van der Waals surface area contributed by atoms with Gasteiger partial charge in [-0.3, -0.25) is 0 Å². The molecule has 3 heteroatoms. The predicted molar refractivity (Wildman–Crippen MR) is 116 cm³/mol. The molecule has 0 aliphatic heterocycles. The van der Waals surface area contributed by atoms with Crippen LogP contribution in [0.2, 0.25) is 0 Å². The SMILES string of the molecule is CC(C)(C)c1ccc(CCS(=O)(=O)CCc2ccc(C(C)(C)C)cc2)cc1. The summed E-state index contributed by atoms with van der Waals surface area (Å²) in [7, 11) is -3.06. The highest BCUT2D eigenvalue weighted by Gasteiger charge is 2.16. The van der Waals surface area contributed by atoms with Crippen molar-refractivity contribution < 1.29 is 8.42 Å². The Bertz CT molecular complexity index is 764. The van der Waals surface area contributed by atoms with E-state index in [2.05, 4.69) is 90.1 Å². The van der Waals surface area contributed by atoms with Gasteiger partial charge in [-0.1, -0.05) is 90.1 Å². The molecule has 0 saturated heterocycles. The Balaban J connectivity index is 1.90. The van der Waals surface area contributed by atoms with Crippen molar-refractivity contribution in [2.24, 2.45) is 0 Å². The zero-order chi connectivity index (χ0) is 20.3. The zero-order valence-electron chi connectivity index (χ0n) is 17.7. The van der Waals surface area contributed by atoms with Crippen molar-refractivity contribution in [3.8, 4) is 0 Å². The topological polar surface area (TPSA) is 34.1 Å². The lowest BCUT2D eigenvalue weighted by molar-refractivity contribution is 0.588. The maximum absolute atomic E-state index is 12.4. The van der Waals surface area contributed by atoms with Crippen LogP contribution in [0.4, 0.5) is 0 Å². The number of benzene rings is 2. The molecule has 0 heterocycles. The first-order valence-electron chi connectivity index (χ1n) is 9.76. The van der Waals surface area contributed by atoms with E-state index in [1.807, 2.05) is 0 Å². The van der Waals surface area contributed by atoms with Crippen LogP contribution in [0.5, 0.6) is 0 Å². The summed E-state index contributed by atoms with van der Waals surface area (Å²) in [4.78, 5) is 0. The van der Waals surface area contributed by atoms with Crippen molar-refractivity contribution in [1.82, 2.24) is 0 Å². The van der Waals surface area contributed by atoms with E-state index in [9.17, 15) is 8.42 Å². The summed E-state index contributed by atoms with van der Waals surface area (Å²) in [6, 6.07) is 16.7. The van der Waals surface area contributed by atoms with Crippen LogP contribution in [-0.4, -0.2) is 19.9 Å². The van der Waals surface area contributed by atoms with E-state index in [1.54, 1.807) is 0 Å². The number of hydrogen-bond acceptors (Lipinski definition) is 2. The lowest BCUT2D eigenvalue weighted by atomic mass is 9.86. The van der Waals surface area contributed by atoms with Gasteiger partial charge in [0.1, 0.15) is 0 Å². The number of rotatable bonds is 6. The second-order valence-electron chi connectivity index (χ2n) is 9.55. The minimum Gasteiger partial charge on any atom is -0.229 e. The van der Waals surface area contributed by atoms with Gasteiger partial charge in [-0.2, -0.15) is 0 Å². The fourth-order valence-electron chi connectivity index (χ4n) is 2.99. The molecule has 0 aliphatic carbocycles. The molecule has 0 aromatic heterocycles. The van der Waals surface area contributed by atoms with E-state index in [-0.39, 0.29) is 22.3 Å². The van der Waals surface area contributed by atoms with Gasteiger partial charge in [0.25, 0.3) is 0 Å². The summed E-state index contributed by atoms with van der Waals surface area (Å²) >= 11 is 0. The summed E-state index contributed by atoms with van der Waals surface area (Å²) in [5.41, 5.74) is 4.95. The Labute approximate surface area is 165 Å². The molecule has 0 unspecified atom stereocenters. The third kappa shape index (κ3) is 6.80. The lowest BCUT2D eigenvalue weighted by Crippen LogP contribution is -2.15. The maximum Gasteiger partial charge on any atom is 0.150 e. The van der Waals surface area contributed by atoms with Gasteiger partial charge in [-0.15, -0.1) is 0 Å². The van der Waals surface area contributed by atoms with Gasteiger partial charge in [0.2, 0.25) is 0 Å². The van der Waals surface area contributed by atoms with Crippen LogP contribution in [0.25, 0.3) is 0 Å². The predicted octanol–water partition coefficient (Wildman–Crippen LogP) is 5.48. The normalized spacial score (nSPS) is 13.0. The van der Waals surface area contributed by atoms with Gasteiger partial charge in [-0.05, 0) is 45.9 Å². The van der Waals surface area contributed by atoms with Gasteiger partial charge in [0, 0.05) is 0 Å². The molecule has 0 atom stereocenters. The highest BCUT2D eigenvalue weighted by Crippen LogP contribution is 2.23. The molecule has 0 fully saturated rings. The second kappa shape index (κ2) is 8.18. The lowest BCUT2D eigenvalue weighted by Gasteiger charge is -2.19. The Kier molecular flexibility index (Phi) is 6.57. The molecule has 0 bridgehead atoms. The van der Waals surface area contributed by atoms with Crippen LogP contribution >= 0.6 is 0 Å². The van der Waals surface area contributed by atoms with Gasteiger partial charge >= 0.3 is 0 Å². The smallest absolute Gasteiger partial charge is 0.150 e. The Morgan fingerprint density at radius 2 is 0.889 bits per heavy atom. The molecule has 0 aliphatic rings. The van der Waals surface area contributed by atoms with Crippen molar-refractivity contribution in [2.45, 2.75) is 65.2 Å². The first-order valence-corrected chi connectivity index (χ1v) is 11.6. The van der Waals surface area contributed by atoms with Crippen LogP contribution in [0.15, 0.2) is 48.5 Å². The Hall–Kier alpha value is -1.61. The monoisotopic (exact) mass is 386 g/mol. The summed E-state index contributed by atoms with van der Waals surface area (Å²) < 4.78 is 24.9. The van der Waals surface area contributed by atoms with Crippen molar-refractivity contribution >= 4 is 9.84 Å². The first-order chi connectivity index (χ1) is 12.4. The van der Waals surface area contributed by atoms with Gasteiger partial charge in [0.05, 0.1) is 11.5 Å². The van der Waals surface area contributed by atoms with Gasteiger partial charge in [-0.25, -0.2) is 8.42 Å². The van der Waals surface area contributed by atoms with E-state index in [0.29, 0.717) is 12.8 Å².